The third kappa shape index (κ3) is 17.1. The number of hydrogen-bond acceptors (Lipinski definition) is 21. The van der Waals surface area contributed by atoms with Gasteiger partial charge < -0.3 is 74.6 Å². The Morgan fingerprint density at radius 2 is 1.23 bits per heavy atom. The van der Waals surface area contributed by atoms with Crippen molar-refractivity contribution in [3.8, 4) is 0 Å². The molecule has 0 bridgehead atoms. The molecule has 7 heterocycles. The van der Waals surface area contributed by atoms with E-state index in [0.717, 1.165) is 83.1 Å². The molecule has 4 aliphatic rings. The average Bonchev–Trinajstić information content (AvgIpc) is 4.39. The van der Waals surface area contributed by atoms with Crippen molar-refractivity contribution in [2.75, 3.05) is 150 Å². The number of rotatable bonds is 19. The number of aliphatic hydroxyl groups excluding tert-OH is 1. The molecule has 448 valence electrons. The molecule has 2 amide bonds. The van der Waals surface area contributed by atoms with Gasteiger partial charge in [0.15, 0.2) is 11.5 Å². The number of nitrogens with one attached hydrogen (secondary N) is 3. The number of imidazole rings is 1. The molecular weight excluding hydrogens is 1060 g/mol. The van der Waals surface area contributed by atoms with Gasteiger partial charge in [0, 0.05) is 122 Å². The average molecular weight is 1150 g/mol. The number of β-amino-alcohol motifs (C(OH)–C–C–N with tert-alkyl or cyclic N) is 1. The van der Waals surface area contributed by atoms with Crippen molar-refractivity contribution >= 4 is 69.5 Å². The largest absolute Gasteiger partial charge is 0.444 e. The van der Waals surface area contributed by atoms with Crippen LogP contribution in [0.5, 0.6) is 0 Å². The molecule has 82 heavy (non-hydrogen) atoms. The van der Waals surface area contributed by atoms with Crippen LogP contribution in [0.3, 0.4) is 0 Å². The number of amides is 2. The Balaban J connectivity index is 0.000000219. The predicted molar refractivity (Wildman–Crippen MR) is 310 cm³/mol. The maximum absolute atomic E-state index is 15.3. The molecule has 0 spiro atoms. The number of fused-ring (bicyclic) bond motifs is 1. The molecule has 0 saturated carbocycles. The molecule has 4 fully saturated rings. The number of ether oxygens (including phenoxy) is 5. The fourth-order valence-corrected chi connectivity index (χ4v) is 9.89. The first-order valence-electron chi connectivity index (χ1n) is 28.3. The van der Waals surface area contributed by atoms with E-state index in [4.69, 9.17) is 34.5 Å². The molecule has 26 heteroatoms. The van der Waals surface area contributed by atoms with Crippen LogP contribution >= 0.6 is 0 Å². The number of aliphatic hydroxyl groups is 1. The quantitative estimate of drug-likeness (QED) is 0.0529. The zero-order valence-electron chi connectivity index (χ0n) is 48.6. The smallest absolute Gasteiger partial charge is 0.410 e. The molecular formula is C56H82F2N16O8. The second-order valence-electron chi connectivity index (χ2n) is 22.5. The lowest BCUT2D eigenvalue weighted by Gasteiger charge is -2.36. The van der Waals surface area contributed by atoms with Crippen molar-refractivity contribution in [2.45, 2.75) is 98.0 Å². The number of piperazine rings is 2. The highest BCUT2D eigenvalue weighted by molar-refractivity contribution is 5.73. The molecule has 3 aromatic heterocycles. The van der Waals surface area contributed by atoms with Gasteiger partial charge in [0.1, 0.15) is 28.4 Å². The minimum absolute atomic E-state index is 0.00338. The van der Waals surface area contributed by atoms with E-state index in [0.29, 0.717) is 75.2 Å². The fraction of sp³-hybridized carbons (Fsp3) is 0.589. The van der Waals surface area contributed by atoms with Crippen molar-refractivity contribution in [1.29, 1.82) is 0 Å². The van der Waals surface area contributed by atoms with Gasteiger partial charge in [-0.1, -0.05) is 0 Å². The van der Waals surface area contributed by atoms with E-state index in [9.17, 15) is 14.0 Å². The van der Waals surface area contributed by atoms with Gasteiger partial charge >= 0.3 is 12.2 Å². The van der Waals surface area contributed by atoms with Crippen molar-refractivity contribution in [1.82, 2.24) is 49.1 Å². The molecule has 5 aromatic rings. The summed E-state index contributed by atoms with van der Waals surface area (Å²) < 4.78 is 59.7. The minimum Gasteiger partial charge on any atom is -0.444 e. The molecule has 24 nitrogen and oxygen atoms in total. The number of likely N-dealkylation sites (tertiary alicyclic amines) is 2. The number of carbonyl (C=O) groups is 2. The third-order valence-corrected chi connectivity index (χ3v) is 14.1. The third-order valence-electron chi connectivity index (χ3n) is 14.1. The van der Waals surface area contributed by atoms with Gasteiger partial charge in [0.25, 0.3) is 6.48 Å². The molecule has 0 radical (unpaired) electrons. The Kier molecular flexibility index (Phi) is 20.8. The fourth-order valence-electron chi connectivity index (χ4n) is 9.89. The monoisotopic (exact) mass is 1140 g/mol. The van der Waals surface area contributed by atoms with Crippen molar-refractivity contribution < 1.29 is 47.2 Å². The Hall–Kier alpha value is -6.97. The van der Waals surface area contributed by atoms with Crippen LogP contribution < -0.4 is 31.5 Å². The first kappa shape index (κ1) is 61.1. The number of benzene rings is 2. The molecule has 2 aromatic carbocycles. The number of carbonyl (C=O) groups excluding carboxylic acids is 2. The summed E-state index contributed by atoms with van der Waals surface area (Å²) in [4.78, 5) is 59.2. The van der Waals surface area contributed by atoms with E-state index in [1.54, 1.807) is 40.5 Å². The molecule has 0 aliphatic carbocycles. The highest BCUT2D eigenvalue weighted by Crippen LogP contribution is 2.31. The SMILES string of the molecule is CC(C)(C)OC(=O)N1CCC(Nc2nc(Nc3ccc(N4CCN(CCO)CC4)cc3F)ncc2N)C1.CCOC(OCC)OCCN1CCN(c2ccc(Nc3ncc4ncn(C5CCN(C(=O)OC(C)(C)C)C5)c4n3)c(F)c2)CC1. The maximum Gasteiger partial charge on any atom is 0.410 e. The van der Waals surface area contributed by atoms with Crippen LogP contribution in [0, 0.1) is 11.6 Å². The second-order valence-corrected chi connectivity index (χ2v) is 22.5. The van der Waals surface area contributed by atoms with Gasteiger partial charge in [-0.2, -0.15) is 9.97 Å². The Morgan fingerprint density at radius 3 is 1.78 bits per heavy atom. The van der Waals surface area contributed by atoms with Gasteiger partial charge in [-0.15, -0.1) is 0 Å². The first-order chi connectivity index (χ1) is 39.2. The van der Waals surface area contributed by atoms with E-state index in [-0.39, 0.29) is 60.0 Å². The molecule has 4 aliphatic heterocycles. The van der Waals surface area contributed by atoms with Gasteiger partial charge in [-0.25, -0.2) is 33.3 Å². The van der Waals surface area contributed by atoms with Crippen LogP contribution in [0.15, 0.2) is 55.1 Å². The van der Waals surface area contributed by atoms with Crippen LogP contribution in [0.25, 0.3) is 11.2 Å². The topological polar surface area (TPSA) is 251 Å². The Morgan fingerprint density at radius 1 is 0.695 bits per heavy atom. The number of hydrogen-bond donors (Lipinski definition) is 5. The molecule has 2 atom stereocenters. The molecule has 6 N–H and O–H groups in total. The lowest BCUT2D eigenvalue weighted by Crippen LogP contribution is -2.47. The summed E-state index contributed by atoms with van der Waals surface area (Å²) >= 11 is 0. The summed E-state index contributed by atoms with van der Waals surface area (Å²) in [7, 11) is 0. The summed E-state index contributed by atoms with van der Waals surface area (Å²) in [5.41, 5.74) is 8.76. The zero-order chi connectivity index (χ0) is 58.6. The van der Waals surface area contributed by atoms with Gasteiger partial charge in [-0.05, 0) is 105 Å². The highest BCUT2D eigenvalue weighted by atomic mass is 19.1. The number of nitrogens with zero attached hydrogens (tertiary/aromatic N) is 12. The van der Waals surface area contributed by atoms with E-state index in [1.165, 1.54) is 12.3 Å². The van der Waals surface area contributed by atoms with E-state index < -0.39 is 23.5 Å². The second kappa shape index (κ2) is 27.9. The van der Waals surface area contributed by atoms with Gasteiger partial charge in [0.2, 0.25) is 11.9 Å². The predicted octanol–water partition coefficient (Wildman–Crippen LogP) is 6.86. The number of nitrogens with two attached hydrogens (primary N) is 1. The van der Waals surface area contributed by atoms with Crippen molar-refractivity contribution in [2.24, 2.45) is 0 Å². The highest BCUT2D eigenvalue weighted by Gasteiger charge is 2.33. The molecule has 2 unspecified atom stereocenters. The summed E-state index contributed by atoms with van der Waals surface area (Å²) in [6.07, 6.45) is 5.59. The van der Waals surface area contributed by atoms with E-state index in [1.807, 2.05) is 72.1 Å². The van der Waals surface area contributed by atoms with Crippen LogP contribution in [-0.2, 0) is 23.7 Å². The number of nitrogen functional groups attached to an aromatic ring is 1. The summed E-state index contributed by atoms with van der Waals surface area (Å²) in [5, 5.41) is 18.3. The maximum atomic E-state index is 15.3. The standard InChI is InChI=1S/C31H45FN8O5.C25H37FN8O3/c1-6-42-30(43-7-2)44-17-16-37-12-14-38(15-13-37)22-8-9-25(24(32)18-22)35-28-33-19-26-27(36-28)40(21-34-26)23-10-11-39(20-23)29(41)45-31(3,4)5;1-25(2,3)37-24(36)34-7-6-17(16-34)29-22-20(27)15-28-23(31-22)30-21-5-4-18(14-19(21)26)33-10-8-32(9-11-33)12-13-35/h8-9,18-19,21,23,30H,6-7,10-17,20H2,1-5H3,(H,33,35,36);4-5,14-15,17,35H,6-13,16,27H2,1-3H3,(H2,28,29,30,31). The lowest BCUT2D eigenvalue weighted by atomic mass is 10.2. The Bertz CT molecular complexity index is 2890. The van der Waals surface area contributed by atoms with Crippen molar-refractivity contribution in [3.63, 3.8) is 0 Å². The first-order valence-corrected chi connectivity index (χ1v) is 28.3. The summed E-state index contributed by atoms with van der Waals surface area (Å²) in [6, 6.07) is 10.2. The summed E-state index contributed by atoms with van der Waals surface area (Å²) in [6.45, 7) is 26.0. The van der Waals surface area contributed by atoms with Gasteiger partial charge in [-0.3, -0.25) is 9.80 Å². The zero-order valence-corrected chi connectivity index (χ0v) is 48.6. The van der Waals surface area contributed by atoms with Crippen LogP contribution in [0.4, 0.5) is 64.5 Å². The van der Waals surface area contributed by atoms with Crippen LogP contribution in [0.2, 0.25) is 0 Å². The van der Waals surface area contributed by atoms with Crippen LogP contribution in [0.1, 0.15) is 74.3 Å². The van der Waals surface area contributed by atoms with Crippen LogP contribution in [-0.4, -0.2) is 208 Å². The van der Waals surface area contributed by atoms with Crippen molar-refractivity contribution in [3.05, 3.63) is 66.8 Å². The number of anilines is 8. The van der Waals surface area contributed by atoms with E-state index >= 15 is 4.39 Å². The molecule has 4 saturated heterocycles. The normalized spacial score (nSPS) is 18.2. The van der Waals surface area contributed by atoms with Gasteiger partial charge in [0.05, 0.1) is 55.0 Å². The molecule has 9 rings (SSSR count). The number of halogens is 2. The Labute approximate surface area is 478 Å². The summed E-state index contributed by atoms with van der Waals surface area (Å²) in [5.74, 6) is 0.107. The number of aromatic nitrogens is 6. The minimum atomic E-state index is -0.630. The lowest BCUT2D eigenvalue weighted by molar-refractivity contribution is -0.285. The van der Waals surface area contributed by atoms with E-state index in [2.05, 4.69) is 60.5 Å².